The summed E-state index contributed by atoms with van der Waals surface area (Å²) in [5.74, 6) is 1.73. The Balaban J connectivity index is 1.83. The van der Waals surface area contributed by atoms with Crippen molar-refractivity contribution < 1.29 is 9.26 Å². The van der Waals surface area contributed by atoms with E-state index >= 15 is 0 Å². The molecule has 2 N–H and O–H groups in total. The summed E-state index contributed by atoms with van der Waals surface area (Å²) in [5.41, 5.74) is 8.36. The highest BCUT2D eigenvalue weighted by Crippen LogP contribution is 2.26. The summed E-state index contributed by atoms with van der Waals surface area (Å²) in [7, 11) is 1.58. The molecule has 1 heterocycles. The van der Waals surface area contributed by atoms with Gasteiger partial charge in [-0.2, -0.15) is 4.98 Å². The number of aromatic nitrogens is 2. The maximum absolute atomic E-state index is 5.89. The summed E-state index contributed by atoms with van der Waals surface area (Å²) in [6, 6.07) is 15.4. The molecule has 0 saturated carbocycles. The van der Waals surface area contributed by atoms with Crippen LogP contribution in [0, 0.1) is 0 Å². The van der Waals surface area contributed by atoms with Crippen LogP contribution in [0.4, 0.5) is 5.69 Å². The van der Waals surface area contributed by atoms with E-state index < -0.39 is 0 Å². The number of benzene rings is 2. The van der Waals surface area contributed by atoms with Crippen LogP contribution in [0.15, 0.2) is 53.1 Å². The predicted octanol–water partition coefficient (Wildman–Crippen LogP) is 2.92. The maximum Gasteiger partial charge on any atom is 0.231 e. The zero-order valence-corrected chi connectivity index (χ0v) is 11.6. The van der Waals surface area contributed by atoms with Gasteiger partial charge < -0.3 is 15.0 Å². The topological polar surface area (TPSA) is 74.2 Å². The lowest BCUT2D eigenvalue weighted by atomic mass is 10.1. The van der Waals surface area contributed by atoms with E-state index in [1.807, 2.05) is 36.4 Å². The van der Waals surface area contributed by atoms with E-state index in [9.17, 15) is 0 Å². The third-order valence-corrected chi connectivity index (χ3v) is 3.15. The summed E-state index contributed by atoms with van der Waals surface area (Å²) in [4.78, 5) is 4.40. The second-order valence-electron chi connectivity index (χ2n) is 4.63. The molecule has 0 aliphatic rings. The van der Waals surface area contributed by atoms with Gasteiger partial charge in [0.2, 0.25) is 11.7 Å². The lowest BCUT2D eigenvalue weighted by molar-refractivity contribution is 0.385. The van der Waals surface area contributed by atoms with Crippen LogP contribution in [0.1, 0.15) is 11.5 Å². The molecule has 0 saturated heterocycles. The first kappa shape index (κ1) is 13.2. The Morgan fingerprint density at radius 3 is 2.67 bits per heavy atom. The molecule has 0 atom stereocenters. The van der Waals surface area contributed by atoms with E-state index in [0.29, 0.717) is 29.6 Å². The molecule has 2 aromatic carbocycles. The molecule has 0 bridgehead atoms. The van der Waals surface area contributed by atoms with Gasteiger partial charge in [0.15, 0.2) is 0 Å². The van der Waals surface area contributed by atoms with Crippen molar-refractivity contribution in [2.24, 2.45) is 0 Å². The van der Waals surface area contributed by atoms with Gasteiger partial charge in [0.1, 0.15) is 5.75 Å². The highest BCUT2D eigenvalue weighted by molar-refractivity contribution is 5.66. The fraction of sp³-hybridized carbons (Fsp3) is 0.125. The van der Waals surface area contributed by atoms with Crippen molar-refractivity contribution in [1.29, 1.82) is 0 Å². The Morgan fingerprint density at radius 1 is 1.14 bits per heavy atom. The Bertz CT molecular complexity index is 738. The van der Waals surface area contributed by atoms with Crippen molar-refractivity contribution in [3.05, 3.63) is 60.0 Å². The zero-order valence-electron chi connectivity index (χ0n) is 11.6. The normalized spacial score (nSPS) is 10.5. The molecule has 106 valence electrons. The molecule has 21 heavy (non-hydrogen) atoms. The van der Waals surface area contributed by atoms with Crippen molar-refractivity contribution in [3.63, 3.8) is 0 Å². The Kier molecular flexibility index (Phi) is 3.55. The molecular formula is C16H15N3O2. The average Bonchev–Trinajstić information content (AvgIpc) is 2.97. The number of anilines is 1. The first-order valence-corrected chi connectivity index (χ1v) is 6.56. The molecule has 0 unspecified atom stereocenters. The van der Waals surface area contributed by atoms with Crippen molar-refractivity contribution >= 4 is 5.69 Å². The van der Waals surface area contributed by atoms with Gasteiger partial charge >= 0.3 is 0 Å². The minimum Gasteiger partial charge on any atom is -0.495 e. The fourth-order valence-electron chi connectivity index (χ4n) is 2.09. The summed E-state index contributed by atoms with van der Waals surface area (Å²) in [5, 5.41) is 4.00. The second kappa shape index (κ2) is 5.66. The van der Waals surface area contributed by atoms with Crippen molar-refractivity contribution in [2.45, 2.75) is 6.42 Å². The SMILES string of the molecule is COc1ccc(-c2noc(Cc3ccccc3)n2)cc1N. The zero-order chi connectivity index (χ0) is 14.7. The van der Waals surface area contributed by atoms with Crippen LogP contribution in [0.25, 0.3) is 11.4 Å². The van der Waals surface area contributed by atoms with Gasteiger partial charge in [-0.25, -0.2) is 0 Å². The summed E-state index contributed by atoms with van der Waals surface area (Å²) in [6.07, 6.45) is 0.611. The number of hydrogen-bond donors (Lipinski definition) is 1. The molecular weight excluding hydrogens is 266 g/mol. The van der Waals surface area contributed by atoms with E-state index in [0.717, 1.165) is 11.1 Å². The molecule has 0 aliphatic heterocycles. The average molecular weight is 281 g/mol. The molecule has 0 aliphatic carbocycles. The molecule has 3 rings (SSSR count). The monoisotopic (exact) mass is 281 g/mol. The minimum absolute atomic E-state index is 0.523. The van der Waals surface area contributed by atoms with Crippen LogP contribution < -0.4 is 10.5 Å². The Morgan fingerprint density at radius 2 is 1.95 bits per heavy atom. The molecule has 5 heteroatoms. The van der Waals surface area contributed by atoms with Gasteiger partial charge in [-0.1, -0.05) is 35.5 Å². The standard InChI is InChI=1S/C16H15N3O2/c1-20-14-8-7-12(10-13(14)17)16-18-15(21-19-16)9-11-5-3-2-4-6-11/h2-8,10H,9,17H2,1H3. The van der Waals surface area contributed by atoms with E-state index in [4.69, 9.17) is 15.0 Å². The van der Waals surface area contributed by atoms with Gasteiger partial charge in [0.25, 0.3) is 0 Å². The smallest absolute Gasteiger partial charge is 0.231 e. The van der Waals surface area contributed by atoms with E-state index in [1.54, 1.807) is 19.2 Å². The van der Waals surface area contributed by atoms with Crippen LogP contribution in [0.3, 0.4) is 0 Å². The highest BCUT2D eigenvalue weighted by atomic mass is 16.5. The second-order valence-corrected chi connectivity index (χ2v) is 4.63. The van der Waals surface area contributed by atoms with E-state index in [1.165, 1.54) is 0 Å². The van der Waals surface area contributed by atoms with E-state index in [2.05, 4.69) is 10.1 Å². The van der Waals surface area contributed by atoms with Crippen LogP contribution in [0.2, 0.25) is 0 Å². The lowest BCUT2D eigenvalue weighted by Crippen LogP contribution is -1.93. The Hall–Kier alpha value is -2.82. The summed E-state index contributed by atoms with van der Waals surface area (Å²) >= 11 is 0. The van der Waals surface area contributed by atoms with Crippen LogP contribution >= 0.6 is 0 Å². The highest BCUT2D eigenvalue weighted by Gasteiger charge is 2.11. The van der Waals surface area contributed by atoms with Crippen molar-refractivity contribution in [1.82, 2.24) is 10.1 Å². The van der Waals surface area contributed by atoms with Gasteiger partial charge in [0, 0.05) is 5.56 Å². The van der Waals surface area contributed by atoms with Gasteiger partial charge in [-0.15, -0.1) is 0 Å². The third kappa shape index (κ3) is 2.86. The number of methoxy groups -OCH3 is 1. The minimum atomic E-state index is 0.523. The fourth-order valence-corrected chi connectivity index (χ4v) is 2.09. The number of nitrogen functional groups attached to an aromatic ring is 1. The molecule has 3 aromatic rings. The number of nitrogens with two attached hydrogens (primary N) is 1. The molecule has 1 aromatic heterocycles. The maximum atomic E-state index is 5.89. The van der Waals surface area contributed by atoms with Crippen LogP contribution in [-0.4, -0.2) is 17.3 Å². The van der Waals surface area contributed by atoms with Gasteiger partial charge in [0.05, 0.1) is 19.2 Å². The largest absolute Gasteiger partial charge is 0.495 e. The molecule has 0 radical (unpaired) electrons. The van der Waals surface area contributed by atoms with Crippen molar-refractivity contribution in [3.8, 4) is 17.1 Å². The van der Waals surface area contributed by atoms with Crippen LogP contribution in [0.5, 0.6) is 5.75 Å². The quantitative estimate of drug-likeness (QED) is 0.744. The lowest BCUT2D eigenvalue weighted by Gasteiger charge is -2.04. The first-order valence-electron chi connectivity index (χ1n) is 6.56. The van der Waals surface area contributed by atoms with Crippen molar-refractivity contribution in [2.75, 3.05) is 12.8 Å². The number of ether oxygens (including phenoxy) is 1. The molecule has 0 spiro atoms. The number of hydrogen-bond acceptors (Lipinski definition) is 5. The first-order chi connectivity index (χ1) is 10.3. The van der Waals surface area contributed by atoms with E-state index in [-0.39, 0.29) is 0 Å². The third-order valence-electron chi connectivity index (χ3n) is 3.15. The Labute approximate surface area is 122 Å². The van der Waals surface area contributed by atoms with Gasteiger partial charge in [-0.3, -0.25) is 0 Å². The summed E-state index contributed by atoms with van der Waals surface area (Å²) < 4.78 is 10.4. The molecule has 5 nitrogen and oxygen atoms in total. The predicted molar refractivity (Wildman–Crippen MR) is 79.9 cm³/mol. The summed E-state index contributed by atoms with van der Waals surface area (Å²) in [6.45, 7) is 0. The number of nitrogens with zero attached hydrogens (tertiary/aromatic N) is 2. The molecule has 0 amide bonds. The molecule has 0 fully saturated rings. The number of rotatable bonds is 4. The van der Waals surface area contributed by atoms with Crippen LogP contribution in [-0.2, 0) is 6.42 Å². The van der Waals surface area contributed by atoms with Gasteiger partial charge in [-0.05, 0) is 23.8 Å².